The molecule has 4 aromatic carbocycles. The first-order valence-corrected chi connectivity index (χ1v) is 11.2. The average molecular weight is 473 g/mol. The standard InChI is InChI=1S/C30H20N2O4/c33-29(34)25-13-7-21(8-14-25)19-1-3-23(4-2-19)27-17-31-28(32-18-27)24-11-5-20(6-12-24)22-9-15-26(16-10-22)30(35)36/h1-18H,(H,33,34)(H,35,36). The SMILES string of the molecule is O=C(O)c1ccc(-c2ccc(-c3cnc(-c4ccc(-c5ccc(C(=O)O)cc5)cc4)nc3)cc2)cc1. The molecular weight excluding hydrogens is 452 g/mol. The van der Waals surface area contributed by atoms with Crippen LogP contribution in [0.15, 0.2) is 109 Å². The van der Waals surface area contributed by atoms with Gasteiger partial charge in [-0.15, -0.1) is 0 Å². The number of carbonyl (C=O) groups is 2. The van der Waals surface area contributed by atoms with Gasteiger partial charge in [0.15, 0.2) is 5.82 Å². The number of carboxylic acids is 2. The summed E-state index contributed by atoms with van der Waals surface area (Å²) in [5.74, 6) is -1.27. The molecule has 174 valence electrons. The highest BCUT2D eigenvalue weighted by Gasteiger charge is 2.07. The Morgan fingerprint density at radius 3 is 1.03 bits per heavy atom. The smallest absolute Gasteiger partial charge is 0.335 e. The molecule has 0 atom stereocenters. The van der Waals surface area contributed by atoms with E-state index in [0.717, 1.165) is 38.9 Å². The molecule has 1 aromatic heterocycles. The van der Waals surface area contributed by atoms with Crippen molar-refractivity contribution in [2.24, 2.45) is 0 Å². The molecule has 5 rings (SSSR count). The van der Waals surface area contributed by atoms with Gasteiger partial charge in [-0.05, 0) is 52.1 Å². The molecule has 2 N–H and O–H groups in total. The van der Waals surface area contributed by atoms with Crippen LogP contribution in [0.4, 0.5) is 0 Å². The van der Waals surface area contributed by atoms with Crippen molar-refractivity contribution in [2.45, 2.75) is 0 Å². The number of aromatic nitrogens is 2. The molecule has 0 amide bonds. The van der Waals surface area contributed by atoms with Crippen molar-refractivity contribution in [2.75, 3.05) is 0 Å². The number of rotatable bonds is 6. The van der Waals surface area contributed by atoms with Crippen molar-refractivity contribution < 1.29 is 19.8 Å². The first-order valence-electron chi connectivity index (χ1n) is 11.2. The van der Waals surface area contributed by atoms with Gasteiger partial charge in [0.2, 0.25) is 0 Å². The van der Waals surface area contributed by atoms with Gasteiger partial charge in [-0.1, -0.05) is 72.8 Å². The fraction of sp³-hybridized carbons (Fsp3) is 0. The highest BCUT2D eigenvalue weighted by atomic mass is 16.4. The van der Waals surface area contributed by atoms with Gasteiger partial charge in [-0.3, -0.25) is 0 Å². The number of hydrogen-bond donors (Lipinski definition) is 2. The summed E-state index contributed by atoms with van der Waals surface area (Å²) in [5, 5.41) is 18.1. The fourth-order valence-electron chi connectivity index (χ4n) is 3.90. The fourth-order valence-corrected chi connectivity index (χ4v) is 3.90. The van der Waals surface area contributed by atoms with Gasteiger partial charge < -0.3 is 10.2 Å². The van der Waals surface area contributed by atoms with Crippen LogP contribution < -0.4 is 0 Å². The Balaban J connectivity index is 1.30. The summed E-state index contributed by atoms with van der Waals surface area (Å²) in [7, 11) is 0. The summed E-state index contributed by atoms with van der Waals surface area (Å²) in [5.41, 5.74) is 7.12. The van der Waals surface area contributed by atoms with Crippen LogP contribution >= 0.6 is 0 Å². The van der Waals surface area contributed by atoms with E-state index in [-0.39, 0.29) is 11.1 Å². The van der Waals surface area contributed by atoms with Crippen molar-refractivity contribution in [1.29, 1.82) is 0 Å². The molecule has 0 radical (unpaired) electrons. The molecule has 6 heteroatoms. The molecule has 0 fully saturated rings. The lowest BCUT2D eigenvalue weighted by Gasteiger charge is -2.07. The van der Waals surface area contributed by atoms with Crippen LogP contribution in [0, 0.1) is 0 Å². The van der Waals surface area contributed by atoms with Crippen LogP contribution in [0.25, 0.3) is 44.8 Å². The van der Waals surface area contributed by atoms with Crippen LogP contribution in [0.1, 0.15) is 20.7 Å². The molecule has 0 spiro atoms. The van der Waals surface area contributed by atoms with E-state index in [9.17, 15) is 9.59 Å². The monoisotopic (exact) mass is 472 g/mol. The molecule has 36 heavy (non-hydrogen) atoms. The second-order valence-electron chi connectivity index (χ2n) is 8.22. The van der Waals surface area contributed by atoms with Gasteiger partial charge in [0.25, 0.3) is 0 Å². The minimum atomic E-state index is -0.944. The molecule has 1 heterocycles. The molecule has 0 aliphatic heterocycles. The minimum absolute atomic E-state index is 0.257. The Hall–Kier alpha value is -5.10. The van der Waals surface area contributed by atoms with E-state index in [1.54, 1.807) is 60.9 Å². The van der Waals surface area contributed by atoms with Crippen molar-refractivity contribution in [3.63, 3.8) is 0 Å². The number of benzene rings is 4. The first kappa shape index (κ1) is 22.7. The zero-order valence-electron chi connectivity index (χ0n) is 19.0. The summed E-state index contributed by atoms with van der Waals surface area (Å²) >= 11 is 0. The summed E-state index contributed by atoms with van der Waals surface area (Å²) in [6, 6.07) is 29.3. The highest BCUT2D eigenvalue weighted by Crippen LogP contribution is 2.27. The Morgan fingerprint density at radius 1 is 0.417 bits per heavy atom. The Morgan fingerprint density at radius 2 is 0.694 bits per heavy atom. The van der Waals surface area contributed by atoms with E-state index in [1.807, 2.05) is 48.5 Å². The molecule has 5 aromatic rings. The largest absolute Gasteiger partial charge is 0.478 e. The van der Waals surface area contributed by atoms with Gasteiger partial charge >= 0.3 is 11.9 Å². The van der Waals surface area contributed by atoms with Crippen LogP contribution in [0.3, 0.4) is 0 Å². The third-order valence-corrected chi connectivity index (χ3v) is 5.94. The summed E-state index contributed by atoms with van der Waals surface area (Å²) in [6.07, 6.45) is 3.58. The quantitative estimate of drug-likeness (QED) is 0.291. The van der Waals surface area contributed by atoms with Crippen molar-refractivity contribution in [1.82, 2.24) is 9.97 Å². The number of carboxylic acid groups (broad SMARTS) is 2. The molecule has 0 unspecified atom stereocenters. The topological polar surface area (TPSA) is 100 Å². The lowest BCUT2D eigenvalue weighted by atomic mass is 10.0. The lowest BCUT2D eigenvalue weighted by molar-refractivity contribution is 0.0686. The van der Waals surface area contributed by atoms with Crippen LogP contribution in [-0.2, 0) is 0 Å². The lowest BCUT2D eigenvalue weighted by Crippen LogP contribution is -1.95. The summed E-state index contributed by atoms with van der Waals surface area (Å²) in [4.78, 5) is 31.1. The number of nitrogens with zero attached hydrogens (tertiary/aromatic N) is 2. The second-order valence-corrected chi connectivity index (χ2v) is 8.22. The Labute approximate surface area is 207 Å². The van der Waals surface area contributed by atoms with E-state index in [2.05, 4.69) is 9.97 Å². The van der Waals surface area contributed by atoms with Crippen molar-refractivity contribution in [3.05, 3.63) is 121 Å². The van der Waals surface area contributed by atoms with E-state index >= 15 is 0 Å². The molecule has 0 bridgehead atoms. The zero-order valence-corrected chi connectivity index (χ0v) is 19.0. The predicted octanol–water partition coefficient (Wildman–Crippen LogP) is 6.54. The second kappa shape index (κ2) is 9.64. The van der Waals surface area contributed by atoms with E-state index in [1.165, 1.54) is 0 Å². The van der Waals surface area contributed by atoms with E-state index < -0.39 is 11.9 Å². The normalized spacial score (nSPS) is 10.7. The highest BCUT2D eigenvalue weighted by molar-refractivity contribution is 5.89. The molecule has 0 saturated carbocycles. The summed E-state index contributed by atoms with van der Waals surface area (Å²) < 4.78 is 0. The molecule has 0 saturated heterocycles. The minimum Gasteiger partial charge on any atom is -0.478 e. The molecule has 6 nitrogen and oxygen atoms in total. The van der Waals surface area contributed by atoms with Gasteiger partial charge in [0.1, 0.15) is 0 Å². The van der Waals surface area contributed by atoms with Crippen molar-refractivity contribution in [3.8, 4) is 44.8 Å². The zero-order chi connectivity index (χ0) is 25.1. The third-order valence-electron chi connectivity index (χ3n) is 5.94. The predicted molar refractivity (Wildman–Crippen MR) is 138 cm³/mol. The maximum Gasteiger partial charge on any atom is 0.335 e. The number of hydrogen-bond acceptors (Lipinski definition) is 4. The van der Waals surface area contributed by atoms with Crippen LogP contribution in [0.5, 0.6) is 0 Å². The molecular formula is C30H20N2O4. The maximum atomic E-state index is 11.0. The van der Waals surface area contributed by atoms with E-state index in [0.29, 0.717) is 5.82 Å². The maximum absolute atomic E-state index is 11.0. The molecule has 0 aliphatic carbocycles. The van der Waals surface area contributed by atoms with Gasteiger partial charge in [0, 0.05) is 23.5 Å². The average Bonchev–Trinajstić information content (AvgIpc) is 2.93. The van der Waals surface area contributed by atoms with Crippen LogP contribution in [0.2, 0.25) is 0 Å². The third kappa shape index (κ3) is 4.74. The number of aromatic carboxylic acids is 2. The molecule has 0 aliphatic rings. The van der Waals surface area contributed by atoms with Crippen molar-refractivity contribution >= 4 is 11.9 Å². The Bertz CT molecular complexity index is 1400. The van der Waals surface area contributed by atoms with E-state index in [4.69, 9.17) is 10.2 Å². The van der Waals surface area contributed by atoms with Crippen LogP contribution in [-0.4, -0.2) is 32.1 Å². The summed E-state index contributed by atoms with van der Waals surface area (Å²) in [6.45, 7) is 0. The Kier molecular flexibility index (Phi) is 6.07. The van der Waals surface area contributed by atoms with Gasteiger partial charge in [0.05, 0.1) is 11.1 Å². The van der Waals surface area contributed by atoms with Gasteiger partial charge in [-0.25, -0.2) is 19.6 Å². The first-order chi connectivity index (χ1) is 17.5. The van der Waals surface area contributed by atoms with Gasteiger partial charge in [-0.2, -0.15) is 0 Å².